The maximum Gasteiger partial charge on any atom is 0.326 e. The number of carbonyl (C=O) groups is 15. The van der Waals surface area contributed by atoms with Gasteiger partial charge in [0.15, 0.2) is 17.9 Å². The minimum absolute atomic E-state index is 0.00363. The second-order valence-corrected chi connectivity index (χ2v) is 26.8. The third-order valence-corrected chi connectivity index (χ3v) is 16.5. The summed E-state index contributed by atoms with van der Waals surface area (Å²) in [7, 11) is 0. The van der Waals surface area contributed by atoms with Gasteiger partial charge in [0.2, 0.25) is 82.7 Å². The third-order valence-electron chi connectivity index (χ3n) is 16.5. The van der Waals surface area contributed by atoms with E-state index in [0.717, 1.165) is 0 Å². The van der Waals surface area contributed by atoms with Crippen LogP contribution in [-0.4, -0.2) is 235 Å². The molecule has 36 N–H and O–H groups in total. The number of hydrogen-bond acceptors (Lipinski definition) is 22. The standard InChI is InChI=1S/C67H118N26O17/c1-35(2)30-45(61(106)88-43(22-15-29-81-67(77)78)57(102)89-44(23-24-49(71)95)59(104)87-41(20-10-12-26-69)58(103)92-47(32-50(72)96)62(107)93-52(36(3)4)64(109)110)91-63(108)48(34-94)84-51(97)33-82-55(100)40(19-9-11-25-68)86-56(101)42(21-14-28-80-66(75)76)85-53(98)37(5)83-60(105)46(31-38-16-7-6-8-17-38)90-54(99)39(70)18-13-27-79-65(73)74/h6-8,16-17,35-37,39-48,52,94H,9-15,18-34,68-70H2,1-5H3,(H2,71,95)(H2,72,96)(H,82,100)(H,83,105)(H,84,97)(H,85,98)(H,86,101)(H,87,104)(H,88,106)(H,89,102)(H,90,99)(H,91,108)(H,92,103)(H,93,107)(H,109,110)(H4,73,74,79)(H4,75,76,80)(H4,77,78,81). The van der Waals surface area contributed by atoms with Crippen molar-refractivity contribution in [2.45, 2.75) is 216 Å². The summed E-state index contributed by atoms with van der Waals surface area (Å²) in [5.74, 6) is -16.8. The summed E-state index contributed by atoms with van der Waals surface area (Å²) < 4.78 is 0. The van der Waals surface area contributed by atoms with Crippen molar-refractivity contribution in [3.63, 3.8) is 0 Å². The minimum atomic E-state index is -1.80. The highest BCUT2D eigenvalue weighted by Gasteiger charge is 2.37. The topological polar surface area (TPSA) is 764 Å². The number of hydrogen-bond donors (Lipinski definition) is 25. The lowest BCUT2D eigenvalue weighted by Gasteiger charge is -2.28. The van der Waals surface area contributed by atoms with Crippen LogP contribution in [0.4, 0.5) is 0 Å². The van der Waals surface area contributed by atoms with Gasteiger partial charge in [0.1, 0.15) is 66.5 Å². The number of carboxylic acids is 1. The molecule has 1 aromatic rings. The zero-order chi connectivity index (χ0) is 83.2. The molecule has 0 aliphatic rings. The molecule has 0 aliphatic carbocycles. The smallest absolute Gasteiger partial charge is 0.326 e. The first kappa shape index (κ1) is 96.9. The molecule has 110 heavy (non-hydrogen) atoms. The lowest BCUT2D eigenvalue weighted by atomic mass is 10.0. The lowest BCUT2D eigenvalue weighted by Crippen LogP contribution is -2.60. The summed E-state index contributed by atoms with van der Waals surface area (Å²) in [5, 5.41) is 49.8. The number of nitrogens with two attached hydrogens (primary N) is 11. The van der Waals surface area contributed by atoms with Crippen molar-refractivity contribution in [2.75, 3.05) is 45.9 Å². The molecule has 0 bridgehead atoms. The monoisotopic (exact) mass is 1560 g/mol. The Labute approximate surface area is 638 Å². The van der Waals surface area contributed by atoms with Gasteiger partial charge in [-0.3, -0.25) is 82.1 Å². The van der Waals surface area contributed by atoms with E-state index < -0.39 is 200 Å². The number of nitrogens with zero attached hydrogens (tertiary/aromatic N) is 3. The summed E-state index contributed by atoms with van der Waals surface area (Å²) >= 11 is 0. The van der Waals surface area contributed by atoms with E-state index >= 15 is 0 Å². The van der Waals surface area contributed by atoms with Crippen LogP contribution in [0.2, 0.25) is 0 Å². The predicted molar refractivity (Wildman–Crippen MR) is 405 cm³/mol. The van der Waals surface area contributed by atoms with Gasteiger partial charge in [-0.1, -0.05) is 58.0 Å². The number of aliphatic carboxylic acids is 1. The van der Waals surface area contributed by atoms with E-state index in [-0.39, 0.29) is 127 Å². The summed E-state index contributed by atoms with van der Waals surface area (Å²) in [6, 6.07) is -9.12. The first-order valence-corrected chi connectivity index (χ1v) is 36.2. The first-order valence-electron chi connectivity index (χ1n) is 36.2. The number of guanidine groups is 3. The van der Waals surface area contributed by atoms with Crippen LogP contribution >= 0.6 is 0 Å². The van der Waals surface area contributed by atoms with Crippen LogP contribution in [0.5, 0.6) is 0 Å². The number of aliphatic imine (C=N–C) groups is 3. The van der Waals surface area contributed by atoms with Gasteiger partial charge in [-0.15, -0.1) is 0 Å². The Balaban J connectivity index is 3.52. The summed E-state index contributed by atoms with van der Waals surface area (Å²) in [6.45, 7) is 6.16. The van der Waals surface area contributed by atoms with Crippen LogP contribution in [0.25, 0.3) is 0 Å². The molecule has 0 saturated heterocycles. The van der Waals surface area contributed by atoms with Crippen molar-refractivity contribution >= 4 is 107 Å². The molecular weight excluding hydrogens is 1440 g/mol. The van der Waals surface area contributed by atoms with E-state index in [9.17, 15) is 82.1 Å². The lowest BCUT2D eigenvalue weighted by molar-refractivity contribution is -0.143. The predicted octanol–water partition coefficient (Wildman–Crippen LogP) is -9.64. The number of carboxylic acid groups (broad SMARTS) is 1. The maximum atomic E-state index is 14.4. The number of aliphatic hydroxyl groups excluding tert-OH is 1. The van der Waals surface area contributed by atoms with E-state index in [1.165, 1.54) is 20.8 Å². The van der Waals surface area contributed by atoms with E-state index in [2.05, 4.69) is 78.8 Å². The largest absolute Gasteiger partial charge is 0.480 e. The van der Waals surface area contributed by atoms with Crippen LogP contribution in [0.3, 0.4) is 0 Å². The summed E-state index contributed by atoms with van der Waals surface area (Å²) in [5.41, 5.74) is 62.0. The van der Waals surface area contributed by atoms with E-state index in [1.54, 1.807) is 44.2 Å². The zero-order valence-electron chi connectivity index (χ0n) is 63.2. The Bertz CT molecular complexity index is 3280. The number of carbonyl (C=O) groups excluding carboxylic acids is 14. The Hall–Kier alpha value is -11.1. The maximum absolute atomic E-state index is 14.4. The van der Waals surface area contributed by atoms with E-state index in [0.29, 0.717) is 24.8 Å². The minimum Gasteiger partial charge on any atom is -0.480 e. The summed E-state index contributed by atoms with van der Waals surface area (Å²) in [4.78, 5) is 215. The Morgan fingerprint density at radius 3 is 1.23 bits per heavy atom. The van der Waals surface area contributed by atoms with Gasteiger partial charge in [-0.25, -0.2) is 4.79 Å². The molecular formula is C67H118N26O17. The number of amides is 14. The van der Waals surface area contributed by atoms with Crippen molar-refractivity contribution in [2.24, 2.45) is 89.9 Å². The molecule has 43 heteroatoms. The average Bonchev–Trinajstić information content (AvgIpc) is 0.857. The van der Waals surface area contributed by atoms with Gasteiger partial charge >= 0.3 is 5.97 Å². The molecule has 0 fully saturated rings. The average molecular weight is 1560 g/mol. The van der Waals surface area contributed by atoms with E-state index in [1.807, 2.05) is 0 Å². The third kappa shape index (κ3) is 40.8. The molecule has 1 rings (SSSR count). The Morgan fingerprint density at radius 2 is 0.800 bits per heavy atom. The molecule has 0 saturated carbocycles. The number of benzene rings is 1. The van der Waals surface area contributed by atoms with Gasteiger partial charge in [0, 0.05) is 32.5 Å². The second-order valence-electron chi connectivity index (χ2n) is 26.8. The zero-order valence-corrected chi connectivity index (χ0v) is 63.2. The highest BCUT2D eigenvalue weighted by Crippen LogP contribution is 2.13. The molecule has 0 heterocycles. The molecule has 0 aliphatic heterocycles. The molecule has 618 valence electrons. The van der Waals surface area contributed by atoms with Crippen LogP contribution < -0.4 is 127 Å². The molecule has 12 atom stereocenters. The molecule has 1 aromatic carbocycles. The highest BCUT2D eigenvalue weighted by atomic mass is 16.4. The second kappa shape index (κ2) is 52.9. The number of nitrogens with one attached hydrogen (secondary N) is 12. The molecule has 0 spiro atoms. The van der Waals surface area contributed by atoms with Gasteiger partial charge in [0.05, 0.1) is 25.6 Å². The van der Waals surface area contributed by atoms with Gasteiger partial charge < -0.3 is 137 Å². The Morgan fingerprint density at radius 1 is 0.409 bits per heavy atom. The van der Waals surface area contributed by atoms with Crippen molar-refractivity contribution in [1.29, 1.82) is 0 Å². The van der Waals surface area contributed by atoms with E-state index in [4.69, 9.17) is 63.1 Å². The number of aliphatic hydroxyl groups is 1. The summed E-state index contributed by atoms with van der Waals surface area (Å²) in [6.07, 6.45) is -0.804. The molecule has 0 aromatic heterocycles. The highest BCUT2D eigenvalue weighted by molar-refractivity contribution is 6.00. The Kier molecular flexibility index (Phi) is 46.6. The van der Waals surface area contributed by atoms with Crippen LogP contribution in [0.15, 0.2) is 45.3 Å². The van der Waals surface area contributed by atoms with Crippen molar-refractivity contribution in [3.05, 3.63) is 35.9 Å². The number of unbranched alkanes of at least 4 members (excludes halogenated alkanes) is 2. The molecule has 0 radical (unpaired) electrons. The van der Waals surface area contributed by atoms with Crippen LogP contribution in [0, 0.1) is 11.8 Å². The van der Waals surface area contributed by atoms with Crippen molar-refractivity contribution < 1.29 is 82.1 Å². The van der Waals surface area contributed by atoms with Crippen LogP contribution in [0.1, 0.15) is 143 Å². The van der Waals surface area contributed by atoms with Crippen LogP contribution in [-0.2, 0) is 78.3 Å². The fourth-order valence-electron chi connectivity index (χ4n) is 10.5. The SMILES string of the molecule is CC(C)CC(NC(=O)C(CO)NC(=O)CNC(=O)C(CCCCN)NC(=O)C(CCCN=C(N)N)NC(=O)C(C)NC(=O)C(Cc1ccccc1)NC(=O)C(N)CCCN=C(N)N)C(=O)NC(CCCN=C(N)N)C(=O)NC(CCC(N)=O)C(=O)NC(CCCCN)C(=O)NC(CC(N)=O)C(=O)NC(C(=O)O)C(C)C. The van der Waals surface area contributed by atoms with Crippen molar-refractivity contribution in [1.82, 2.24) is 63.8 Å². The molecule has 12 unspecified atom stereocenters. The first-order chi connectivity index (χ1) is 51.8. The fourth-order valence-corrected chi connectivity index (χ4v) is 10.5. The number of primary amides is 2. The van der Waals surface area contributed by atoms with Crippen molar-refractivity contribution in [3.8, 4) is 0 Å². The van der Waals surface area contributed by atoms with Gasteiger partial charge in [-0.05, 0) is 127 Å². The molecule has 43 nitrogen and oxygen atoms in total. The van der Waals surface area contributed by atoms with Gasteiger partial charge in [0.25, 0.3) is 0 Å². The fraction of sp³-hybridized carbons (Fsp3) is 0.642. The van der Waals surface area contributed by atoms with Gasteiger partial charge in [-0.2, -0.15) is 0 Å². The number of rotatable bonds is 56. The molecule has 14 amide bonds. The quantitative estimate of drug-likeness (QED) is 0.0164. The normalized spacial score (nSPS) is 14.2.